The first-order valence-corrected chi connectivity index (χ1v) is 7.58. The van der Waals surface area contributed by atoms with Gasteiger partial charge < -0.3 is 25.3 Å². The summed E-state index contributed by atoms with van der Waals surface area (Å²) in [5.74, 6) is 2.48. The lowest BCUT2D eigenvalue weighted by Gasteiger charge is -2.10. The van der Waals surface area contributed by atoms with Crippen LogP contribution in [-0.4, -0.2) is 33.8 Å². The third-order valence-corrected chi connectivity index (χ3v) is 3.50. The molecule has 0 radical (unpaired) electrons. The molecule has 25 heavy (non-hydrogen) atoms. The van der Waals surface area contributed by atoms with Crippen molar-refractivity contribution >= 4 is 35.6 Å². The first-order chi connectivity index (χ1) is 11.7. The molecule has 0 unspecified atom stereocenters. The lowest BCUT2D eigenvalue weighted by molar-refractivity contribution is 0.354. The van der Waals surface area contributed by atoms with Crippen molar-refractivity contribution in [1.29, 1.82) is 0 Å². The van der Waals surface area contributed by atoms with Crippen LogP contribution < -0.4 is 25.3 Å². The second kappa shape index (κ2) is 10.7. The Morgan fingerprint density at radius 1 is 0.960 bits per heavy atom. The normalized spacial score (nSPS) is 10.6. The molecule has 0 bridgehead atoms. The number of anilines is 1. The summed E-state index contributed by atoms with van der Waals surface area (Å²) in [5.41, 5.74) is 7.82. The molecule has 0 fully saturated rings. The smallest absolute Gasteiger partial charge is 0.193 e. The molecule has 0 aliphatic carbocycles. The molecule has 136 valence electrons. The van der Waals surface area contributed by atoms with Crippen LogP contribution in [0, 0.1) is 0 Å². The van der Waals surface area contributed by atoms with Crippen LogP contribution in [0.15, 0.2) is 47.5 Å². The van der Waals surface area contributed by atoms with E-state index in [0.717, 1.165) is 23.4 Å². The number of benzene rings is 2. The maximum Gasteiger partial charge on any atom is 0.193 e. The van der Waals surface area contributed by atoms with E-state index in [1.807, 2.05) is 42.5 Å². The molecule has 0 saturated carbocycles. The molecule has 0 spiro atoms. The van der Waals surface area contributed by atoms with Crippen LogP contribution in [0.1, 0.15) is 5.56 Å². The Labute approximate surface area is 165 Å². The predicted octanol–water partition coefficient (Wildman–Crippen LogP) is 3.30. The number of guanidine groups is 1. The zero-order chi connectivity index (χ0) is 17.4. The van der Waals surface area contributed by atoms with Gasteiger partial charge in [0, 0.05) is 6.54 Å². The van der Waals surface area contributed by atoms with Crippen molar-refractivity contribution in [3.8, 4) is 17.2 Å². The maximum atomic E-state index is 5.93. The molecule has 0 aromatic heterocycles. The van der Waals surface area contributed by atoms with Gasteiger partial charge in [-0.25, -0.2) is 0 Å². The maximum absolute atomic E-state index is 5.93. The molecular weight excluding hydrogens is 433 g/mol. The minimum Gasteiger partial charge on any atom is -0.495 e. The van der Waals surface area contributed by atoms with E-state index in [0.29, 0.717) is 24.0 Å². The summed E-state index contributed by atoms with van der Waals surface area (Å²) in [4.78, 5) is 4.34. The van der Waals surface area contributed by atoms with Crippen molar-refractivity contribution in [2.24, 2.45) is 10.7 Å². The summed E-state index contributed by atoms with van der Waals surface area (Å²) in [7, 11) is 4.85. The lowest BCUT2D eigenvalue weighted by Crippen LogP contribution is -2.23. The Bertz CT molecular complexity index is 708. The van der Waals surface area contributed by atoms with Crippen LogP contribution in [0.5, 0.6) is 17.2 Å². The van der Waals surface area contributed by atoms with Gasteiger partial charge in [-0.1, -0.05) is 18.2 Å². The first kappa shape index (κ1) is 20.9. The van der Waals surface area contributed by atoms with Gasteiger partial charge in [0.1, 0.15) is 5.75 Å². The van der Waals surface area contributed by atoms with Gasteiger partial charge in [-0.05, 0) is 36.2 Å². The summed E-state index contributed by atoms with van der Waals surface area (Å²) in [6.07, 6.45) is 0.745. The van der Waals surface area contributed by atoms with E-state index in [1.54, 1.807) is 21.3 Å². The molecule has 2 aromatic carbocycles. The monoisotopic (exact) mass is 457 g/mol. The molecule has 2 rings (SSSR count). The molecule has 0 saturated heterocycles. The molecule has 7 heteroatoms. The number of ether oxygens (including phenoxy) is 3. The van der Waals surface area contributed by atoms with Gasteiger partial charge in [0.25, 0.3) is 0 Å². The fraction of sp³-hybridized carbons (Fsp3) is 0.278. The molecule has 0 amide bonds. The molecule has 2 aromatic rings. The van der Waals surface area contributed by atoms with Crippen LogP contribution in [0.3, 0.4) is 0 Å². The number of nitrogens with one attached hydrogen (secondary N) is 1. The highest BCUT2D eigenvalue weighted by molar-refractivity contribution is 14.0. The predicted molar refractivity (Wildman–Crippen MR) is 112 cm³/mol. The largest absolute Gasteiger partial charge is 0.495 e. The Morgan fingerprint density at radius 3 is 2.32 bits per heavy atom. The summed E-state index contributed by atoms with van der Waals surface area (Å²) < 4.78 is 15.8. The van der Waals surface area contributed by atoms with Crippen LogP contribution in [0.25, 0.3) is 0 Å². The average Bonchev–Trinajstić information content (AvgIpc) is 2.62. The van der Waals surface area contributed by atoms with E-state index in [4.69, 9.17) is 19.9 Å². The highest BCUT2D eigenvalue weighted by atomic mass is 127. The second-order valence-corrected chi connectivity index (χ2v) is 5.03. The Kier molecular flexibility index (Phi) is 8.90. The second-order valence-electron chi connectivity index (χ2n) is 5.03. The van der Waals surface area contributed by atoms with Crippen LogP contribution in [-0.2, 0) is 6.42 Å². The van der Waals surface area contributed by atoms with E-state index in [9.17, 15) is 0 Å². The van der Waals surface area contributed by atoms with Crippen molar-refractivity contribution in [3.63, 3.8) is 0 Å². The Hall–Kier alpha value is -2.16. The minimum atomic E-state index is 0. The number of nitrogens with zero attached hydrogens (tertiary/aromatic N) is 1. The highest BCUT2D eigenvalue weighted by Gasteiger charge is 2.05. The number of para-hydroxylation sites is 2. The van der Waals surface area contributed by atoms with Crippen LogP contribution in [0.2, 0.25) is 0 Å². The fourth-order valence-electron chi connectivity index (χ4n) is 2.27. The number of aliphatic imine (C=N–C) groups is 1. The lowest BCUT2D eigenvalue weighted by atomic mass is 10.1. The number of methoxy groups -OCH3 is 3. The van der Waals surface area contributed by atoms with Gasteiger partial charge in [0.05, 0.1) is 27.0 Å². The van der Waals surface area contributed by atoms with Crippen molar-refractivity contribution in [2.75, 3.05) is 33.2 Å². The SMILES string of the molecule is COc1ccccc1NC(N)=NCCc1ccc(OC)c(OC)c1.I. The number of rotatable bonds is 7. The molecule has 0 atom stereocenters. The van der Waals surface area contributed by atoms with Crippen molar-refractivity contribution in [2.45, 2.75) is 6.42 Å². The van der Waals surface area contributed by atoms with E-state index in [-0.39, 0.29) is 24.0 Å². The number of nitrogens with two attached hydrogens (primary N) is 1. The Balaban J connectivity index is 0.00000312. The van der Waals surface area contributed by atoms with Gasteiger partial charge >= 0.3 is 0 Å². The van der Waals surface area contributed by atoms with Gasteiger partial charge in [0.2, 0.25) is 0 Å². The van der Waals surface area contributed by atoms with Crippen LogP contribution >= 0.6 is 24.0 Å². The van der Waals surface area contributed by atoms with Gasteiger partial charge in [-0.15, -0.1) is 24.0 Å². The van der Waals surface area contributed by atoms with E-state index in [2.05, 4.69) is 10.3 Å². The fourth-order valence-corrected chi connectivity index (χ4v) is 2.27. The molecule has 0 aliphatic heterocycles. The van der Waals surface area contributed by atoms with E-state index < -0.39 is 0 Å². The zero-order valence-electron chi connectivity index (χ0n) is 14.6. The number of hydrogen-bond donors (Lipinski definition) is 2. The summed E-state index contributed by atoms with van der Waals surface area (Å²) in [6.45, 7) is 0.559. The van der Waals surface area contributed by atoms with Crippen molar-refractivity contribution in [3.05, 3.63) is 48.0 Å². The molecular formula is C18H24IN3O3. The standard InChI is InChI=1S/C18H23N3O3.HI/c1-22-15-7-5-4-6-14(15)21-18(19)20-11-10-13-8-9-16(23-2)17(12-13)24-3;/h4-9,12H,10-11H2,1-3H3,(H3,19,20,21);1H. The topological polar surface area (TPSA) is 78.1 Å². The number of halogens is 1. The average molecular weight is 457 g/mol. The number of hydrogen-bond acceptors (Lipinski definition) is 4. The Morgan fingerprint density at radius 2 is 1.64 bits per heavy atom. The van der Waals surface area contributed by atoms with Crippen molar-refractivity contribution in [1.82, 2.24) is 0 Å². The van der Waals surface area contributed by atoms with Gasteiger partial charge in [-0.3, -0.25) is 4.99 Å². The van der Waals surface area contributed by atoms with E-state index >= 15 is 0 Å². The molecule has 6 nitrogen and oxygen atoms in total. The minimum absolute atomic E-state index is 0. The molecule has 0 heterocycles. The molecule has 3 N–H and O–H groups in total. The summed E-state index contributed by atoms with van der Waals surface area (Å²) in [5, 5.41) is 3.05. The first-order valence-electron chi connectivity index (χ1n) is 7.58. The quantitative estimate of drug-likeness (QED) is 0.379. The molecule has 0 aliphatic rings. The summed E-state index contributed by atoms with van der Waals surface area (Å²) in [6, 6.07) is 13.4. The van der Waals surface area contributed by atoms with Crippen molar-refractivity contribution < 1.29 is 14.2 Å². The zero-order valence-corrected chi connectivity index (χ0v) is 16.9. The third-order valence-electron chi connectivity index (χ3n) is 3.50. The summed E-state index contributed by atoms with van der Waals surface area (Å²) >= 11 is 0. The van der Waals surface area contributed by atoms with Crippen LogP contribution in [0.4, 0.5) is 5.69 Å². The van der Waals surface area contributed by atoms with Gasteiger partial charge in [-0.2, -0.15) is 0 Å². The highest BCUT2D eigenvalue weighted by Crippen LogP contribution is 2.27. The van der Waals surface area contributed by atoms with Gasteiger partial charge in [0.15, 0.2) is 17.5 Å². The van der Waals surface area contributed by atoms with E-state index in [1.165, 1.54) is 0 Å². The third kappa shape index (κ3) is 6.00.